The number of para-hydroxylation sites is 1. The number of nitrogens with one attached hydrogen (secondary N) is 2. The molecule has 0 amide bonds. The molecule has 1 unspecified atom stereocenters. The Bertz CT molecular complexity index is 468. The summed E-state index contributed by atoms with van der Waals surface area (Å²) in [7, 11) is 0. The number of anilines is 1. The molecule has 2 fully saturated rings. The fourth-order valence-corrected chi connectivity index (χ4v) is 3.25. The zero-order valence-electron chi connectivity index (χ0n) is 12.3. The average Bonchev–Trinajstić information content (AvgIpc) is 2.94. The lowest BCUT2D eigenvalue weighted by molar-refractivity contribution is 0.0571. The Morgan fingerprint density at radius 1 is 1.33 bits per heavy atom. The standard InChI is InChI=1S/C16H24FN3O/c17-14-3-1-2-4-15(14)20-9-5-13(6-10-20)19-12-16(21)7-8-18-11-16/h1-4,13,18-19,21H,5-12H2. The molecule has 0 aliphatic carbocycles. The summed E-state index contributed by atoms with van der Waals surface area (Å²) in [5.74, 6) is -0.143. The van der Waals surface area contributed by atoms with Crippen molar-refractivity contribution in [1.29, 1.82) is 0 Å². The molecule has 1 aromatic carbocycles. The van der Waals surface area contributed by atoms with Crippen molar-refractivity contribution in [2.75, 3.05) is 37.6 Å². The summed E-state index contributed by atoms with van der Waals surface area (Å²) < 4.78 is 13.8. The van der Waals surface area contributed by atoms with E-state index in [0.717, 1.165) is 38.9 Å². The van der Waals surface area contributed by atoms with Gasteiger partial charge in [0.2, 0.25) is 0 Å². The summed E-state index contributed by atoms with van der Waals surface area (Å²) in [5, 5.41) is 17.0. The highest BCUT2D eigenvalue weighted by atomic mass is 19.1. The van der Waals surface area contributed by atoms with Crippen LogP contribution in [0, 0.1) is 5.82 Å². The van der Waals surface area contributed by atoms with Crippen LogP contribution in [0.15, 0.2) is 24.3 Å². The van der Waals surface area contributed by atoms with Gasteiger partial charge >= 0.3 is 0 Å². The van der Waals surface area contributed by atoms with Crippen LogP contribution in [0.5, 0.6) is 0 Å². The van der Waals surface area contributed by atoms with Gasteiger partial charge in [0, 0.05) is 32.2 Å². The Morgan fingerprint density at radius 2 is 2.10 bits per heavy atom. The molecule has 1 aromatic rings. The second-order valence-corrected chi connectivity index (χ2v) is 6.24. The predicted octanol–water partition coefficient (Wildman–Crippen LogP) is 1.11. The maximum atomic E-state index is 13.8. The van der Waals surface area contributed by atoms with Crippen LogP contribution in [0.3, 0.4) is 0 Å². The van der Waals surface area contributed by atoms with E-state index < -0.39 is 5.60 Å². The van der Waals surface area contributed by atoms with E-state index in [-0.39, 0.29) is 5.82 Å². The molecule has 0 radical (unpaired) electrons. The summed E-state index contributed by atoms with van der Waals surface area (Å²) in [6, 6.07) is 7.38. The van der Waals surface area contributed by atoms with Gasteiger partial charge in [0.15, 0.2) is 0 Å². The minimum Gasteiger partial charge on any atom is -0.387 e. The first-order chi connectivity index (χ1) is 10.2. The van der Waals surface area contributed by atoms with Gasteiger partial charge in [-0.3, -0.25) is 0 Å². The van der Waals surface area contributed by atoms with Crippen LogP contribution in [0.1, 0.15) is 19.3 Å². The van der Waals surface area contributed by atoms with Crippen molar-refractivity contribution < 1.29 is 9.50 Å². The van der Waals surface area contributed by atoms with E-state index in [0.29, 0.717) is 24.8 Å². The molecule has 0 saturated carbocycles. The maximum Gasteiger partial charge on any atom is 0.146 e. The maximum absolute atomic E-state index is 13.8. The van der Waals surface area contributed by atoms with Gasteiger partial charge in [0.05, 0.1) is 11.3 Å². The number of halogens is 1. The summed E-state index contributed by atoms with van der Waals surface area (Å²) in [6.45, 7) is 3.92. The van der Waals surface area contributed by atoms with Crippen molar-refractivity contribution in [2.24, 2.45) is 0 Å². The van der Waals surface area contributed by atoms with Crippen molar-refractivity contribution in [1.82, 2.24) is 10.6 Å². The van der Waals surface area contributed by atoms with Gasteiger partial charge in [-0.2, -0.15) is 0 Å². The number of β-amino-alcohol motifs (C(OH)–C–C–N with tert-alkyl or cyclic N) is 1. The number of nitrogens with zero attached hydrogens (tertiary/aromatic N) is 1. The molecule has 5 heteroatoms. The largest absolute Gasteiger partial charge is 0.387 e. The second kappa shape index (κ2) is 6.30. The summed E-state index contributed by atoms with van der Waals surface area (Å²) in [5.41, 5.74) is 0.109. The zero-order chi connectivity index (χ0) is 14.7. The number of hydrogen-bond acceptors (Lipinski definition) is 4. The number of aliphatic hydroxyl groups is 1. The Balaban J connectivity index is 1.48. The monoisotopic (exact) mass is 293 g/mol. The Kier molecular flexibility index (Phi) is 4.42. The van der Waals surface area contributed by atoms with Crippen LogP contribution >= 0.6 is 0 Å². The number of piperidine rings is 1. The van der Waals surface area contributed by atoms with Crippen LogP contribution < -0.4 is 15.5 Å². The molecule has 0 spiro atoms. The Morgan fingerprint density at radius 3 is 2.76 bits per heavy atom. The summed E-state index contributed by atoms with van der Waals surface area (Å²) >= 11 is 0. The van der Waals surface area contributed by atoms with E-state index in [2.05, 4.69) is 15.5 Å². The van der Waals surface area contributed by atoms with E-state index in [1.807, 2.05) is 12.1 Å². The number of benzene rings is 1. The van der Waals surface area contributed by atoms with Crippen LogP contribution in [0.4, 0.5) is 10.1 Å². The van der Waals surface area contributed by atoms with Gasteiger partial charge in [-0.25, -0.2) is 4.39 Å². The second-order valence-electron chi connectivity index (χ2n) is 6.24. The van der Waals surface area contributed by atoms with Gasteiger partial charge in [-0.05, 0) is 37.9 Å². The topological polar surface area (TPSA) is 47.5 Å². The summed E-state index contributed by atoms with van der Waals surface area (Å²) in [4.78, 5) is 2.11. The molecule has 1 atom stereocenters. The quantitative estimate of drug-likeness (QED) is 0.778. The highest BCUT2D eigenvalue weighted by Crippen LogP contribution is 2.23. The van der Waals surface area contributed by atoms with Crippen LogP contribution in [-0.4, -0.2) is 49.5 Å². The van der Waals surface area contributed by atoms with Gasteiger partial charge in [0.25, 0.3) is 0 Å². The molecule has 0 aromatic heterocycles. The molecular formula is C16H24FN3O. The van der Waals surface area contributed by atoms with E-state index in [4.69, 9.17) is 0 Å². The molecule has 4 nitrogen and oxygen atoms in total. The van der Waals surface area contributed by atoms with Gasteiger partial charge < -0.3 is 20.6 Å². The van der Waals surface area contributed by atoms with Gasteiger partial charge in [-0.1, -0.05) is 12.1 Å². The van der Waals surface area contributed by atoms with Crippen molar-refractivity contribution in [3.05, 3.63) is 30.1 Å². The highest BCUT2D eigenvalue weighted by Gasteiger charge is 2.32. The molecule has 21 heavy (non-hydrogen) atoms. The third-order valence-corrected chi connectivity index (χ3v) is 4.63. The lowest BCUT2D eigenvalue weighted by Gasteiger charge is -2.35. The van der Waals surface area contributed by atoms with Crippen LogP contribution in [0.2, 0.25) is 0 Å². The Labute approximate surface area is 125 Å². The summed E-state index contributed by atoms with van der Waals surface area (Å²) in [6.07, 6.45) is 2.78. The van der Waals surface area contributed by atoms with Crippen molar-refractivity contribution in [2.45, 2.75) is 30.9 Å². The molecule has 0 bridgehead atoms. The fraction of sp³-hybridized carbons (Fsp3) is 0.625. The van der Waals surface area contributed by atoms with E-state index >= 15 is 0 Å². The van der Waals surface area contributed by atoms with Crippen LogP contribution in [0.25, 0.3) is 0 Å². The van der Waals surface area contributed by atoms with Crippen molar-refractivity contribution >= 4 is 5.69 Å². The molecule has 2 aliphatic heterocycles. The van der Waals surface area contributed by atoms with Gasteiger partial charge in [0.1, 0.15) is 5.82 Å². The SMILES string of the molecule is OC1(CNC2CCN(c3ccccc3F)CC2)CCNC1. The molecule has 116 valence electrons. The minimum atomic E-state index is -0.595. The van der Waals surface area contributed by atoms with E-state index in [1.54, 1.807) is 6.07 Å². The van der Waals surface area contributed by atoms with Crippen LogP contribution in [-0.2, 0) is 0 Å². The lowest BCUT2D eigenvalue weighted by Crippen LogP contribution is -2.49. The van der Waals surface area contributed by atoms with E-state index in [1.165, 1.54) is 6.07 Å². The number of rotatable bonds is 4. The predicted molar refractivity (Wildman–Crippen MR) is 82.1 cm³/mol. The first-order valence-electron chi connectivity index (χ1n) is 7.82. The van der Waals surface area contributed by atoms with Gasteiger partial charge in [-0.15, -0.1) is 0 Å². The normalized spacial score (nSPS) is 27.2. The first kappa shape index (κ1) is 14.8. The smallest absolute Gasteiger partial charge is 0.146 e. The third kappa shape index (κ3) is 3.54. The average molecular weight is 293 g/mol. The molecule has 2 saturated heterocycles. The zero-order valence-corrected chi connectivity index (χ0v) is 12.3. The highest BCUT2D eigenvalue weighted by molar-refractivity contribution is 5.47. The van der Waals surface area contributed by atoms with Crippen molar-refractivity contribution in [3.8, 4) is 0 Å². The van der Waals surface area contributed by atoms with Crippen molar-refractivity contribution in [3.63, 3.8) is 0 Å². The lowest BCUT2D eigenvalue weighted by atomic mass is 10.00. The molecular weight excluding hydrogens is 269 g/mol. The minimum absolute atomic E-state index is 0.143. The molecule has 3 rings (SSSR count). The van der Waals surface area contributed by atoms with E-state index in [9.17, 15) is 9.50 Å². The molecule has 3 N–H and O–H groups in total. The molecule has 2 aliphatic rings. The third-order valence-electron chi connectivity index (χ3n) is 4.63. The molecule has 2 heterocycles. The Hall–Kier alpha value is -1.17. The fourth-order valence-electron chi connectivity index (χ4n) is 3.25. The number of hydrogen-bond donors (Lipinski definition) is 3. The first-order valence-corrected chi connectivity index (χ1v) is 7.82.